The summed E-state index contributed by atoms with van der Waals surface area (Å²) in [5, 5.41) is 17.7. The third-order valence-corrected chi connectivity index (χ3v) is 7.29. The van der Waals surface area contributed by atoms with Crippen molar-refractivity contribution in [2.75, 3.05) is 38.0 Å². The molecule has 0 aliphatic carbocycles. The van der Waals surface area contributed by atoms with Crippen molar-refractivity contribution >= 4 is 35.2 Å². The van der Waals surface area contributed by atoms with Gasteiger partial charge in [-0.1, -0.05) is 17.7 Å². The maximum Gasteiger partial charge on any atom is 0.328 e. The molecule has 9 nitrogen and oxygen atoms in total. The third-order valence-electron chi connectivity index (χ3n) is 7.00. The number of amides is 2. The smallest absolute Gasteiger partial charge is 0.328 e. The number of benzene rings is 1. The number of aryl methyl sites for hydroxylation is 2. The fourth-order valence-corrected chi connectivity index (χ4v) is 5.07. The predicted molar refractivity (Wildman–Crippen MR) is 142 cm³/mol. The monoisotopic (exact) mass is 545 g/mol. The number of hydrogen-bond acceptors (Lipinski definition) is 6. The number of anilines is 1. The summed E-state index contributed by atoms with van der Waals surface area (Å²) in [6.07, 6.45) is 5.59. The zero-order valence-electron chi connectivity index (χ0n) is 21.1. The number of hydrogen-bond donors (Lipinski definition) is 4. The van der Waals surface area contributed by atoms with Crippen LogP contribution in [0.2, 0.25) is 5.02 Å². The summed E-state index contributed by atoms with van der Waals surface area (Å²) in [6.45, 7) is 3.07. The Morgan fingerprint density at radius 3 is 2.87 bits per heavy atom. The SMILES string of the molecule is O=C(N[C@@H](CNC(=O)[C@@H]1CCCN(CCCc2ccc3c(n2)NCCC3)C1)C(=O)O)c1ccc(F)c(Cl)c1. The summed E-state index contributed by atoms with van der Waals surface area (Å²) in [5.41, 5.74) is 2.36. The molecule has 4 rings (SSSR count). The molecule has 1 fully saturated rings. The quantitative estimate of drug-likeness (QED) is 0.362. The van der Waals surface area contributed by atoms with Crippen LogP contribution in [-0.2, 0) is 22.4 Å². The van der Waals surface area contributed by atoms with Crippen LogP contribution >= 0.6 is 11.6 Å². The number of halogens is 2. The fraction of sp³-hybridized carbons (Fsp3) is 0.481. The number of carbonyl (C=O) groups is 3. The van der Waals surface area contributed by atoms with Crippen LogP contribution in [0.15, 0.2) is 30.3 Å². The van der Waals surface area contributed by atoms with Crippen LogP contribution in [0.5, 0.6) is 0 Å². The fourth-order valence-electron chi connectivity index (χ4n) is 4.89. The molecule has 11 heteroatoms. The van der Waals surface area contributed by atoms with Crippen molar-refractivity contribution in [1.82, 2.24) is 20.5 Å². The van der Waals surface area contributed by atoms with Crippen LogP contribution in [0.4, 0.5) is 10.2 Å². The molecular weight excluding hydrogens is 513 g/mol. The Morgan fingerprint density at radius 1 is 1.24 bits per heavy atom. The maximum absolute atomic E-state index is 13.4. The summed E-state index contributed by atoms with van der Waals surface area (Å²) in [6, 6.07) is 6.29. The first-order valence-electron chi connectivity index (χ1n) is 13.0. The highest BCUT2D eigenvalue weighted by Crippen LogP contribution is 2.21. The van der Waals surface area contributed by atoms with Gasteiger partial charge in [-0.05, 0) is 81.4 Å². The molecule has 2 amide bonds. The Kier molecular flexibility index (Phi) is 9.52. The van der Waals surface area contributed by atoms with Crippen molar-refractivity contribution in [2.45, 2.75) is 44.6 Å². The number of fused-ring (bicyclic) bond motifs is 1. The highest BCUT2D eigenvalue weighted by Gasteiger charge is 2.28. The summed E-state index contributed by atoms with van der Waals surface area (Å²) in [4.78, 5) is 43.9. The van der Waals surface area contributed by atoms with Crippen molar-refractivity contribution in [3.8, 4) is 0 Å². The largest absolute Gasteiger partial charge is 0.480 e. The molecule has 2 aliphatic rings. The molecule has 4 N–H and O–H groups in total. The number of rotatable bonds is 10. The molecule has 2 aromatic rings. The number of pyridine rings is 1. The number of carbonyl (C=O) groups excluding carboxylic acids is 2. The average Bonchev–Trinajstić information content (AvgIpc) is 2.92. The van der Waals surface area contributed by atoms with Gasteiger partial charge in [0.15, 0.2) is 0 Å². The zero-order chi connectivity index (χ0) is 27.1. The number of piperidine rings is 1. The molecule has 0 spiro atoms. The number of carboxylic acid groups (broad SMARTS) is 1. The van der Waals surface area contributed by atoms with Gasteiger partial charge in [-0.3, -0.25) is 9.59 Å². The van der Waals surface area contributed by atoms with Gasteiger partial charge in [-0.25, -0.2) is 14.2 Å². The molecule has 1 aromatic heterocycles. The maximum atomic E-state index is 13.4. The van der Waals surface area contributed by atoms with Gasteiger partial charge in [0.05, 0.1) is 10.9 Å². The van der Waals surface area contributed by atoms with E-state index in [9.17, 15) is 23.9 Å². The zero-order valence-corrected chi connectivity index (χ0v) is 21.9. The van der Waals surface area contributed by atoms with Crippen molar-refractivity contribution in [1.29, 1.82) is 0 Å². The topological polar surface area (TPSA) is 124 Å². The second kappa shape index (κ2) is 13.0. The molecule has 38 heavy (non-hydrogen) atoms. The number of carboxylic acids is 1. The predicted octanol–water partition coefficient (Wildman–Crippen LogP) is 2.88. The molecule has 0 unspecified atom stereocenters. The molecule has 1 saturated heterocycles. The van der Waals surface area contributed by atoms with E-state index in [4.69, 9.17) is 16.6 Å². The molecule has 0 saturated carbocycles. The number of nitrogens with zero attached hydrogens (tertiary/aromatic N) is 2. The number of likely N-dealkylation sites (tertiary alicyclic amines) is 1. The van der Waals surface area contributed by atoms with Crippen LogP contribution in [0.1, 0.15) is 47.3 Å². The molecule has 0 radical (unpaired) electrons. The van der Waals surface area contributed by atoms with E-state index in [2.05, 4.69) is 33.0 Å². The average molecular weight is 546 g/mol. The normalized spacial score (nSPS) is 18.1. The van der Waals surface area contributed by atoms with Crippen LogP contribution in [0, 0.1) is 11.7 Å². The highest BCUT2D eigenvalue weighted by atomic mass is 35.5. The Bertz CT molecular complexity index is 1180. The third kappa shape index (κ3) is 7.41. The lowest BCUT2D eigenvalue weighted by molar-refractivity contribution is -0.139. The van der Waals surface area contributed by atoms with E-state index in [1.807, 2.05) is 0 Å². The molecule has 1 aromatic carbocycles. The van der Waals surface area contributed by atoms with E-state index in [0.29, 0.717) is 6.54 Å². The second-order valence-corrected chi connectivity index (χ2v) is 10.2. The highest BCUT2D eigenvalue weighted by molar-refractivity contribution is 6.31. The van der Waals surface area contributed by atoms with E-state index in [1.165, 1.54) is 11.6 Å². The van der Waals surface area contributed by atoms with Gasteiger partial charge in [0, 0.05) is 30.9 Å². The Hall–Kier alpha value is -3.24. The van der Waals surface area contributed by atoms with Crippen LogP contribution in [0.3, 0.4) is 0 Å². The minimum absolute atomic E-state index is 0.0266. The summed E-state index contributed by atoms with van der Waals surface area (Å²) in [5.74, 6) is -2.18. The molecule has 3 heterocycles. The summed E-state index contributed by atoms with van der Waals surface area (Å²) >= 11 is 5.71. The Labute approximate surface area is 226 Å². The lowest BCUT2D eigenvalue weighted by Gasteiger charge is -2.32. The number of aromatic nitrogens is 1. The molecule has 204 valence electrons. The van der Waals surface area contributed by atoms with Gasteiger partial charge in [-0.2, -0.15) is 0 Å². The first kappa shape index (κ1) is 27.8. The van der Waals surface area contributed by atoms with Gasteiger partial charge in [0.25, 0.3) is 5.91 Å². The first-order chi connectivity index (χ1) is 18.3. The van der Waals surface area contributed by atoms with Crippen LogP contribution in [-0.4, -0.2) is 71.5 Å². The molecule has 2 atom stereocenters. The number of nitrogens with one attached hydrogen (secondary N) is 3. The van der Waals surface area contributed by atoms with E-state index in [1.54, 1.807) is 0 Å². The van der Waals surface area contributed by atoms with E-state index < -0.39 is 23.7 Å². The van der Waals surface area contributed by atoms with E-state index in [0.717, 1.165) is 81.8 Å². The number of aliphatic carboxylic acids is 1. The van der Waals surface area contributed by atoms with Gasteiger partial charge in [0.1, 0.15) is 17.7 Å². The minimum atomic E-state index is -1.34. The van der Waals surface area contributed by atoms with Gasteiger partial charge < -0.3 is 26.0 Å². The van der Waals surface area contributed by atoms with Crippen LogP contribution < -0.4 is 16.0 Å². The van der Waals surface area contributed by atoms with Gasteiger partial charge in [-0.15, -0.1) is 0 Å². The lowest BCUT2D eigenvalue weighted by Crippen LogP contribution is -2.51. The molecule has 0 bridgehead atoms. The van der Waals surface area contributed by atoms with Crippen LogP contribution in [0.25, 0.3) is 0 Å². The molecule has 2 aliphatic heterocycles. The standard InChI is InChI=1S/C27H33ClFN5O4/c28-21-14-18(8-10-22(21)29)26(36)33-23(27(37)38)15-31-25(35)19-5-2-12-34(16-19)13-3-6-20-9-7-17-4-1-11-30-24(17)32-20/h7-10,14,19,23H,1-6,11-13,15-16H2,(H,30,32)(H,31,35)(H,33,36)(H,37,38)/t19-,23+/m1/s1. The Morgan fingerprint density at radius 2 is 2.08 bits per heavy atom. The van der Waals surface area contributed by atoms with Crippen molar-refractivity contribution < 1.29 is 23.9 Å². The molecular formula is C27H33ClFN5O4. The van der Waals surface area contributed by atoms with E-state index in [-0.39, 0.29) is 29.0 Å². The van der Waals surface area contributed by atoms with Gasteiger partial charge in [0.2, 0.25) is 5.91 Å². The Balaban J connectivity index is 1.22. The van der Waals surface area contributed by atoms with Crippen molar-refractivity contribution in [2.24, 2.45) is 5.92 Å². The van der Waals surface area contributed by atoms with E-state index >= 15 is 0 Å². The van der Waals surface area contributed by atoms with Crippen molar-refractivity contribution in [3.05, 3.63) is 58.0 Å². The van der Waals surface area contributed by atoms with Gasteiger partial charge >= 0.3 is 5.97 Å². The first-order valence-corrected chi connectivity index (χ1v) is 13.4. The lowest BCUT2D eigenvalue weighted by atomic mass is 9.96. The second-order valence-electron chi connectivity index (χ2n) is 9.82. The summed E-state index contributed by atoms with van der Waals surface area (Å²) in [7, 11) is 0. The summed E-state index contributed by atoms with van der Waals surface area (Å²) < 4.78 is 13.4. The van der Waals surface area contributed by atoms with Crippen molar-refractivity contribution in [3.63, 3.8) is 0 Å². The minimum Gasteiger partial charge on any atom is -0.480 e.